The van der Waals surface area contributed by atoms with Crippen molar-refractivity contribution in [2.75, 3.05) is 18.1 Å². The second kappa shape index (κ2) is 10.8. The SMILES string of the molecule is CCOC(=O)N(CC(=O)O)c1cc(Cl)c(Oc2ccc(O)c(C(=O)NC3CC4CCC3C4)c2)c(Cl)c1. The number of phenols is 1. The van der Waals surface area contributed by atoms with E-state index in [1.807, 2.05) is 0 Å². The molecule has 2 bridgehead atoms. The first kappa shape index (κ1) is 25.9. The summed E-state index contributed by atoms with van der Waals surface area (Å²) in [5, 5.41) is 22.5. The normalized spacial score (nSPS) is 20.1. The Morgan fingerprint density at radius 2 is 1.83 bits per heavy atom. The summed E-state index contributed by atoms with van der Waals surface area (Å²) in [5.41, 5.74) is 0.170. The number of carboxylic acids is 1. The summed E-state index contributed by atoms with van der Waals surface area (Å²) in [7, 11) is 0. The Hall–Kier alpha value is -3.17. The van der Waals surface area contributed by atoms with E-state index in [2.05, 4.69) is 5.32 Å². The van der Waals surface area contributed by atoms with Crippen LogP contribution in [0.5, 0.6) is 17.2 Å². The largest absolute Gasteiger partial charge is 0.507 e. The van der Waals surface area contributed by atoms with Crippen molar-refractivity contribution in [3.63, 3.8) is 0 Å². The number of carbonyl (C=O) groups excluding carboxylic acids is 2. The number of ether oxygens (including phenoxy) is 2. The summed E-state index contributed by atoms with van der Waals surface area (Å²) < 4.78 is 10.7. The minimum atomic E-state index is -1.25. The predicted molar refractivity (Wildman–Crippen MR) is 133 cm³/mol. The summed E-state index contributed by atoms with van der Waals surface area (Å²) >= 11 is 12.7. The van der Waals surface area contributed by atoms with E-state index < -0.39 is 18.6 Å². The first-order chi connectivity index (χ1) is 17.2. The van der Waals surface area contributed by atoms with Crippen LogP contribution in [0.2, 0.25) is 10.0 Å². The first-order valence-electron chi connectivity index (χ1n) is 11.6. The van der Waals surface area contributed by atoms with E-state index in [4.69, 9.17) is 32.7 Å². The van der Waals surface area contributed by atoms with Gasteiger partial charge in [0.25, 0.3) is 5.91 Å². The highest BCUT2D eigenvalue weighted by molar-refractivity contribution is 6.37. The van der Waals surface area contributed by atoms with Gasteiger partial charge < -0.3 is 25.0 Å². The van der Waals surface area contributed by atoms with Crippen molar-refractivity contribution in [2.45, 2.75) is 38.6 Å². The van der Waals surface area contributed by atoms with Crippen molar-refractivity contribution in [1.29, 1.82) is 0 Å². The quantitative estimate of drug-likeness (QED) is 0.409. The number of carboxylic acid groups (broad SMARTS) is 1. The van der Waals surface area contributed by atoms with E-state index in [0.717, 1.165) is 24.2 Å². The Labute approximate surface area is 217 Å². The van der Waals surface area contributed by atoms with Gasteiger partial charge in [-0.1, -0.05) is 29.6 Å². The molecule has 4 rings (SSSR count). The molecule has 3 unspecified atom stereocenters. The second-order valence-corrected chi connectivity index (χ2v) is 9.77. The van der Waals surface area contributed by atoms with Crippen LogP contribution in [0.25, 0.3) is 0 Å². The van der Waals surface area contributed by atoms with Gasteiger partial charge in [0, 0.05) is 6.04 Å². The van der Waals surface area contributed by atoms with Crippen molar-refractivity contribution in [3.8, 4) is 17.2 Å². The molecule has 2 saturated carbocycles. The van der Waals surface area contributed by atoms with Crippen LogP contribution in [-0.2, 0) is 9.53 Å². The van der Waals surface area contributed by atoms with Crippen LogP contribution in [-0.4, -0.2) is 47.4 Å². The number of aliphatic carboxylic acids is 1. The molecular formula is C25H26Cl2N2O7. The Balaban J connectivity index is 1.54. The Bertz CT molecular complexity index is 1170. The zero-order valence-electron chi connectivity index (χ0n) is 19.5. The lowest BCUT2D eigenvalue weighted by Crippen LogP contribution is -2.38. The van der Waals surface area contributed by atoms with Crippen LogP contribution >= 0.6 is 23.2 Å². The molecule has 2 aromatic rings. The highest BCUT2D eigenvalue weighted by Crippen LogP contribution is 2.45. The molecule has 2 aliphatic carbocycles. The molecule has 2 aromatic carbocycles. The fraction of sp³-hybridized carbons (Fsp3) is 0.400. The van der Waals surface area contributed by atoms with Gasteiger partial charge in [0.1, 0.15) is 18.0 Å². The summed E-state index contributed by atoms with van der Waals surface area (Å²) in [6, 6.07) is 6.95. The third kappa shape index (κ3) is 5.63. The van der Waals surface area contributed by atoms with Gasteiger partial charge in [-0.3, -0.25) is 14.5 Å². The molecule has 11 heteroatoms. The minimum Gasteiger partial charge on any atom is -0.507 e. The van der Waals surface area contributed by atoms with Gasteiger partial charge in [-0.15, -0.1) is 0 Å². The van der Waals surface area contributed by atoms with E-state index in [1.165, 1.54) is 36.8 Å². The van der Waals surface area contributed by atoms with E-state index in [1.54, 1.807) is 6.92 Å². The van der Waals surface area contributed by atoms with Gasteiger partial charge in [0.15, 0.2) is 5.75 Å². The number of nitrogens with zero attached hydrogens (tertiary/aromatic N) is 1. The van der Waals surface area contributed by atoms with Crippen LogP contribution in [0.4, 0.5) is 10.5 Å². The molecule has 0 spiro atoms. The molecule has 0 heterocycles. The van der Waals surface area contributed by atoms with E-state index in [-0.39, 0.29) is 57.1 Å². The fourth-order valence-corrected chi connectivity index (χ4v) is 5.50. The lowest BCUT2D eigenvalue weighted by atomic mass is 9.95. The van der Waals surface area contributed by atoms with Crippen molar-refractivity contribution in [1.82, 2.24) is 5.32 Å². The predicted octanol–water partition coefficient (Wildman–Crippen LogP) is 5.46. The Kier molecular flexibility index (Phi) is 7.80. The number of benzene rings is 2. The third-order valence-corrected chi connectivity index (χ3v) is 7.12. The molecule has 2 aliphatic rings. The number of anilines is 1. The van der Waals surface area contributed by atoms with Crippen LogP contribution in [0.3, 0.4) is 0 Å². The monoisotopic (exact) mass is 536 g/mol. The second-order valence-electron chi connectivity index (χ2n) is 8.95. The van der Waals surface area contributed by atoms with Crippen LogP contribution < -0.4 is 15.0 Å². The van der Waals surface area contributed by atoms with E-state index in [0.29, 0.717) is 11.8 Å². The van der Waals surface area contributed by atoms with E-state index in [9.17, 15) is 24.6 Å². The number of halogens is 2. The minimum absolute atomic E-state index is 0.00163. The Morgan fingerprint density at radius 3 is 2.42 bits per heavy atom. The third-order valence-electron chi connectivity index (χ3n) is 6.56. The van der Waals surface area contributed by atoms with Crippen molar-refractivity contribution >= 4 is 46.9 Å². The number of phenolic OH excluding ortho intramolecular Hbond substituents is 1. The van der Waals surface area contributed by atoms with Gasteiger partial charge in [-0.25, -0.2) is 4.79 Å². The number of hydrogen-bond donors (Lipinski definition) is 3. The molecule has 2 fully saturated rings. The standard InChI is InChI=1S/C25H26Cl2N2O7/c1-2-35-25(34)29(12-22(31)32)15-9-18(26)23(19(27)10-15)36-16-5-6-21(30)17(11-16)24(33)28-20-8-13-3-4-14(20)7-13/h5-6,9-11,13-14,20,30H,2-4,7-8,12H2,1H3,(H,28,33)(H,31,32). The zero-order chi connectivity index (χ0) is 26.0. The topological polar surface area (TPSA) is 125 Å². The highest BCUT2D eigenvalue weighted by atomic mass is 35.5. The summed E-state index contributed by atoms with van der Waals surface area (Å²) in [6.07, 6.45) is 3.53. The summed E-state index contributed by atoms with van der Waals surface area (Å²) in [4.78, 5) is 37.2. The molecule has 0 aromatic heterocycles. The first-order valence-corrected chi connectivity index (χ1v) is 12.4. The number of rotatable bonds is 8. The maximum Gasteiger partial charge on any atom is 0.414 e. The molecule has 2 amide bonds. The molecule has 192 valence electrons. The molecular weight excluding hydrogens is 511 g/mol. The summed E-state index contributed by atoms with van der Waals surface area (Å²) in [6.45, 7) is 0.985. The smallest absolute Gasteiger partial charge is 0.414 e. The zero-order valence-corrected chi connectivity index (χ0v) is 21.0. The highest BCUT2D eigenvalue weighted by Gasteiger charge is 2.40. The average molecular weight is 537 g/mol. The number of hydrogen-bond acceptors (Lipinski definition) is 6. The maximum absolute atomic E-state index is 12.9. The van der Waals surface area contributed by atoms with Crippen LogP contribution in [0.15, 0.2) is 30.3 Å². The molecule has 0 aliphatic heterocycles. The molecule has 3 atom stereocenters. The maximum atomic E-state index is 12.9. The average Bonchev–Trinajstić information content (AvgIpc) is 3.44. The van der Waals surface area contributed by atoms with Crippen molar-refractivity contribution < 1.29 is 34.1 Å². The van der Waals surface area contributed by atoms with Crippen molar-refractivity contribution in [2.24, 2.45) is 11.8 Å². The molecule has 0 radical (unpaired) electrons. The van der Waals surface area contributed by atoms with Gasteiger partial charge in [0.05, 0.1) is 27.9 Å². The number of aromatic hydroxyl groups is 1. The number of fused-ring (bicyclic) bond motifs is 2. The van der Waals surface area contributed by atoms with Gasteiger partial charge >= 0.3 is 12.1 Å². The van der Waals surface area contributed by atoms with Crippen LogP contribution in [0, 0.1) is 11.8 Å². The lowest BCUT2D eigenvalue weighted by molar-refractivity contribution is -0.135. The van der Waals surface area contributed by atoms with Gasteiger partial charge in [0.2, 0.25) is 0 Å². The molecule has 36 heavy (non-hydrogen) atoms. The fourth-order valence-electron chi connectivity index (χ4n) is 4.94. The van der Waals surface area contributed by atoms with Crippen LogP contribution in [0.1, 0.15) is 43.0 Å². The number of nitrogens with one attached hydrogen (secondary N) is 1. The van der Waals surface area contributed by atoms with E-state index >= 15 is 0 Å². The van der Waals surface area contributed by atoms with Gasteiger partial charge in [-0.05, 0) is 68.4 Å². The van der Waals surface area contributed by atoms with Gasteiger partial charge in [-0.2, -0.15) is 0 Å². The molecule has 0 saturated heterocycles. The molecule has 3 N–H and O–H groups in total. The Morgan fingerprint density at radius 1 is 1.11 bits per heavy atom. The van der Waals surface area contributed by atoms with Crippen molar-refractivity contribution in [3.05, 3.63) is 45.9 Å². The summed E-state index contributed by atoms with van der Waals surface area (Å²) in [5.74, 6) is -0.452. The lowest BCUT2D eigenvalue weighted by Gasteiger charge is -2.23. The molecule has 9 nitrogen and oxygen atoms in total. The number of carbonyl (C=O) groups is 3. The number of amides is 2.